The highest BCUT2D eigenvalue weighted by molar-refractivity contribution is 5.98. The summed E-state index contributed by atoms with van der Waals surface area (Å²) >= 11 is 0. The van der Waals surface area contributed by atoms with Crippen LogP contribution >= 0.6 is 0 Å². The van der Waals surface area contributed by atoms with Crippen molar-refractivity contribution in [1.82, 2.24) is 5.32 Å². The summed E-state index contributed by atoms with van der Waals surface area (Å²) in [6.07, 6.45) is -5.05. The molecule has 2 aliphatic carbocycles. The maximum Gasteiger partial charge on any atom is 0.508 e. The van der Waals surface area contributed by atoms with E-state index in [1.54, 1.807) is 25.1 Å². The van der Waals surface area contributed by atoms with E-state index in [1.165, 1.54) is 12.1 Å². The quantitative estimate of drug-likeness (QED) is 0.530. The van der Waals surface area contributed by atoms with Crippen LogP contribution in [-0.2, 0) is 14.3 Å². The molecular weight excluding hydrogens is 358 g/mol. The Morgan fingerprint density at radius 3 is 2.44 bits per heavy atom. The van der Waals surface area contributed by atoms with Crippen LogP contribution in [0.1, 0.15) is 23.7 Å². The second kappa shape index (κ2) is 7.16. The standard InChI is InChI=1S/C18H21NO8/c1-2-26-17(25)27-14-10-8-11(13(21)12(10)20)18(14,16(23)24)19-15(22)9-6-4-3-5-7-9/h3-7,10-14,20-21H,2,8H2,1H3,(H,19,22)(H,23,24)/t10-,11+,12+,13-,14+,18-/m0/s1. The minimum Gasteiger partial charge on any atom is -0.479 e. The van der Waals surface area contributed by atoms with Gasteiger partial charge < -0.3 is 30.1 Å². The van der Waals surface area contributed by atoms with Crippen LogP contribution < -0.4 is 5.32 Å². The van der Waals surface area contributed by atoms with Crippen LogP contribution in [-0.4, -0.2) is 63.8 Å². The van der Waals surface area contributed by atoms with Crippen LogP contribution in [0, 0.1) is 11.8 Å². The predicted octanol–water partition coefficient (Wildman–Crippen LogP) is 0.153. The van der Waals surface area contributed by atoms with E-state index in [0.29, 0.717) is 0 Å². The Labute approximate surface area is 154 Å². The number of aliphatic hydroxyl groups is 2. The van der Waals surface area contributed by atoms with Gasteiger partial charge in [0, 0.05) is 17.4 Å². The van der Waals surface area contributed by atoms with E-state index in [1.807, 2.05) is 0 Å². The van der Waals surface area contributed by atoms with E-state index >= 15 is 0 Å². The molecule has 2 aliphatic rings. The van der Waals surface area contributed by atoms with E-state index in [-0.39, 0.29) is 18.6 Å². The average molecular weight is 379 g/mol. The fourth-order valence-corrected chi connectivity index (χ4v) is 4.15. The van der Waals surface area contributed by atoms with Crippen LogP contribution in [0.4, 0.5) is 4.79 Å². The van der Waals surface area contributed by atoms with Gasteiger partial charge in [-0.25, -0.2) is 9.59 Å². The second-order valence-electron chi connectivity index (χ2n) is 6.70. The van der Waals surface area contributed by atoms with Gasteiger partial charge >= 0.3 is 12.1 Å². The second-order valence-corrected chi connectivity index (χ2v) is 6.70. The SMILES string of the molecule is CCOC(=O)O[C@@H]1[C@H]2C[C@H]([C@H](O)[C@@H]2O)[C@@]1(NC(=O)c1ccccc1)C(=O)O. The van der Waals surface area contributed by atoms with Gasteiger partial charge in [0.1, 0.15) is 6.10 Å². The van der Waals surface area contributed by atoms with E-state index in [4.69, 9.17) is 9.47 Å². The van der Waals surface area contributed by atoms with Crippen molar-refractivity contribution in [3.63, 3.8) is 0 Å². The highest BCUT2D eigenvalue weighted by atomic mass is 16.7. The van der Waals surface area contributed by atoms with E-state index in [0.717, 1.165) is 0 Å². The summed E-state index contributed by atoms with van der Waals surface area (Å²) in [4.78, 5) is 36.7. The Kier molecular flexibility index (Phi) is 5.07. The summed E-state index contributed by atoms with van der Waals surface area (Å²) in [6.45, 7) is 1.57. The molecule has 6 atom stereocenters. The minimum atomic E-state index is -2.08. The molecule has 3 rings (SSSR count). The Morgan fingerprint density at radius 2 is 1.85 bits per heavy atom. The maximum absolute atomic E-state index is 12.6. The zero-order valence-corrected chi connectivity index (χ0v) is 14.6. The van der Waals surface area contributed by atoms with E-state index < -0.39 is 53.7 Å². The number of ether oxygens (including phenoxy) is 2. The van der Waals surface area contributed by atoms with Crippen molar-refractivity contribution < 1.29 is 39.2 Å². The van der Waals surface area contributed by atoms with Crippen LogP contribution in [0.25, 0.3) is 0 Å². The summed E-state index contributed by atoms with van der Waals surface area (Å²) in [6, 6.07) is 7.95. The summed E-state index contributed by atoms with van der Waals surface area (Å²) in [5, 5.41) is 32.9. The lowest BCUT2D eigenvalue weighted by Crippen LogP contribution is -2.70. The number of amides is 1. The summed E-state index contributed by atoms with van der Waals surface area (Å²) in [5.41, 5.74) is -1.87. The number of rotatable bonds is 5. The number of carbonyl (C=O) groups is 3. The Bertz CT molecular complexity index is 738. The third kappa shape index (κ3) is 3.02. The molecule has 0 aromatic heterocycles. The highest BCUT2D eigenvalue weighted by Crippen LogP contribution is 2.52. The van der Waals surface area contributed by atoms with Gasteiger partial charge in [-0.2, -0.15) is 0 Å². The topological polar surface area (TPSA) is 142 Å². The molecule has 1 aromatic rings. The molecule has 9 heteroatoms. The molecule has 27 heavy (non-hydrogen) atoms. The molecule has 2 saturated carbocycles. The van der Waals surface area contributed by atoms with Crippen molar-refractivity contribution in [2.24, 2.45) is 11.8 Å². The van der Waals surface area contributed by atoms with Gasteiger partial charge in [-0.15, -0.1) is 0 Å². The number of carbonyl (C=O) groups excluding carboxylic acids is 2. The summed E-state index contributed by atoms with van der Waals surface area (Å²) in [5.74, 6) is -4.02. The number of hydrogen-bond donors (Lipinski definition) is 4. The van der Waals surface area contributed by atoms with Crippen LogP contribution in [0.3, 0.4) is 0 Å². The summed E-state index contributed by atoms with van der Waals surface area (Å²) in [7, 11) is 0. The molecule has 0 heterocycles. The molecule has 9 nitrogen and oxygen atoms in total. The number of aliphatic hydroxyl groups excluding tert-OH is 2. The van der Waals surface area contributed by atoms with E-state index in [9.17, 15) is 29.7 Å². The van der Waals surface area contributed by atoms with Crippen LogP contribution in [0.2, 0.25) is 0 Å². The van der Waals surface area contributed by atoms with Crippen molar-refractivity contribution in [2.75, 3.05) is 6.61 Å². The molecule has 1 aromatic carbocycles. The fraction of sp³-hybridized carbons (Fsp3) is 0.500. The normalized spacial score (nSPS) is 34.1. The van der Waals surface area contributed by atoms with Gasteiger partial charge in [0.25, 0.3) is 5.91 Å². The first kappa shape index (κ1) is 19.1. The Morgan fingerprint density at radius 1 is 1.19 bits per heavy atom. The molecule has 2 fully saturated rings. The first-order chi connectivity index (χ1) is 12.8. The van der Waals surface area contributed by atoms with Gasteiger partial charge in [-0.05, 0) is 25.5 Å². The number of carboxylic acid groups (broad SMARTS) is 1. The van der Waals surface area contributed by atoms with Crippen LogP contribution in [0.15, 0.2) is 30.3 Å². The molecule has 0 unspecified atom stereocenters. The number of carboxylic acids is 1. The molecule has 146 valence electrons. The number of nitrogens with one attached hydrogen (secondary N) is 1. The average Bonchev–Trinajstić information content (AvgIpc) is 3.11. The van der Waals surface area contributed by atoms with Gasteiger partial charge in [-0.1, -0.05) is 18.2 Å². The van der Waals surface area contributed by atoms with Gasteiger partial charge in [0.15, 0.2) is 5.54 Å². The number of benzene rings is 1. The third-order valence-electron chi connectivity index (χ3n) is 5.35. The monoisotopic (exact) mass is 379 g/mol. The number of fused-ring (bicyclic) bond motifs is 2. The lowest BCUT2D eigenvalue weighted by molar-refractivity contribution is -0.166. The van der Waals surface area contributed by atoms with Gasteiger partial charge in [0.05, 0.1) is 18.8 Å². The Hall–Kier alpha value is -2.65. The van der Waals surface area contributed by atoms with Crippen molar-refractivity contribution in [3.8, 4) is 0 Å². The summed E-state index contributed by atoms with van der Waals surface area (Å²) < 4.78 is 9.92. The molecule has 0 radical (unpaired) electrons. The minimum absolute atomic E-state index is 0.0152. The molecule has 0 aliphatic heterocycles. The first-order valence-corrected chi connectivity index (χ1v) is 8.63. The molecule has 2 bridgehead atoms. The zero-order valence-electron chi connectivity index (χ0n) is 14.6. The lowest BCUT2D eigenvalue weighted by Gasteiger charge is -2.43. The number of aliphatic carboxylic acids is 1. The molecule has 0 saturated heterocycles. The van der Waals surface area contributed by atoms with Crippen molar-refractivity contribution in [3.05, 3.63) is 35.9 Å². The third-order valence-corrected chi connectivity index (χ3v) is 5.35. The Balaban J connectivity index is 1.97. The fourth-order valence-electron chi connectivity index (χ4n) is 4.15. The molecule has 1 amide bonds. The highest BCUT2D eigenvalue weighted by Gasteiger charge is 2.72. The maximum atomic E-state index is 12.6. The zero-order chi connectivity index (χ0) is 19.8. The largest absolute Gasteiger partial charge is 0.508 e. The van der Waals surface area contributed by atoms with Crippen LogP contribution in [0.5, 0.6) is 0 Å². The van der Waals surface area contributed by atoms with Gasteiger partial charge in [0.2, 0.25) is 0 Å². The predicted molar refractivity (Wildman–Crippen MR) is 89.8 cm³/mol. The van der Waals surface area contributed by atoms with Gasteiger partial charge in [-0.3, -0.25) is 4.79 Å². The molecule has 4 N–H and O–H groups in total. The van der Waals surface area contributed by atoms with Crippen molar-refractivity contribution >= 4 is 18.0 Å². The van der Waals surface area contributed by atoms with Crippen molar-refractivity contribution in [2.45, 2.75) is 37.2 Å². The first-order valence-electron chi connectivity index (χ1n) is 8.63. The smallest absolute Gasteiger partial charge is 0.479 e. The molecule has 0 spiro atoms. The van der Waals surface area contributed by atoms with Crippen molar-refractivity contribution in [1.29, 1.82) is 0 Å². The lowest BCUT2D eigenvalue weighted by atomic mass is 9.75. The molecular formula is C18H21NO8. The number of hydrogen-bond acceptors (Lipinski definition) is 7. The van der Waals surface area contributed by atoms with E-state index in [2.05, 4.69) is 5.32 Å².